The predicted octanol–water partition coefficient (Wildman–Crippen LogP) is 2.66. The van der Waals surface area contributed by atoms with E-state index in [0.29, 0.717) is 22.5 Å². The number of rotatable bonds is 4. The summed E-state index contributed by atoms with van der Waals surface area (Å²) >= 11 is 0. The zero-order chi connectivity index (χ0) is 17.3. The monoisotopic (exact) mass is 325 g/mol. The van der Waals surface area contributed by atoms with Crippen molar-refractivity contribution in [3.05, 3.63) is 57.5 Å². The standard InChI is InChI=1S/C18H19N3O3/c1-10-8-13-17(21-18(23)19-13)16(11(10)2)20-15(22)9-12-6-4-5-7-14(12)24-3/h4-8H,9H2,1-3H3,(H,20,22)(H2,19,21,23). The van der Waals surface area contributed by atoms with Crippen LogP contribution in [0.5, 0.6) is 5.75 Å². The molecule has 0 unspecified atom stereocenters. The summed E-state index contributed by atoms with van der Waals surface area (Å²) in [6.45, 7) is 3.86. The highest BCUT2D eigenvalue weighted by molar-refractivity contribution is 6.02. The first kappa shape index (κ1) is 15.9. The van der Waals surface area contributed by atoms with Crippen LogP contribution in [-0.2, 0) is 11.2 Å². The van der Waals surface area contributed by atoms with Gasteiger partial charge in [0.05, 0.1) is 30.3 Å². The molecule has 0 atom stereocenters. The maximum Gasteiger partial charge on any atom is 0.323 e. The van der Waals surface area contributed by atoms with Gasteiger partial charge in [-0.05, 0) is 37.1 Å². The van der Waals surface area contributed by atoms with Crippen molar-refractivity contribution in [2.45, 2.75) is 20.3 Å². The Kier molecular flexibility index (Phi) is 4.12. The number of hydrogen-bond acceptors (Lipinski definition) is 3. The lowest BCUT2D eigenvalue weighted by atomic mass is 10.1. The van der Waals surface area contributed by atoms with E-state index in [1.165, 1.54) is 0 Å². The number of methoxy groups -OCH3 is 1. The van der Waals surface area contributed by atoms with Crippen LogP contribution in [0.3, 0.4) is 0 Å². The van der Waals surface area contributed by atoms with E-state index in [2.05, 4.69) is 15.3 Å². The maximum absolute atomic E-state index is 12.5. The van der Waals surface area contributed by atoms with Gasteiger partial charge in [-0.3, -0.25) is 4.79 Å². The van der Waals surface area contributed by atoms with Crippen LogP contribution < -0.4 is 15.7 Å². The molecule has 6 heteroatoms. The number of imidazole rings is 1. The predicted molar refractivity (Wildman–Crippen MR) is 93.7 cm³/mol. The van der Waals surface area contributed by atoms with Crippen LogP contribution in [0.15, 0.2) is 35.1 Å². The molecule has 124 valence electrons. The first-order chi connectivity index (χ1) is 11.5. The van der Waals surface area contributed by atoms with Gasteiger partial charge in [-0.25, -0.2) is 4.79 Å². The van der Waals surface area contributed by atoms with Crippen LogP contribution in [0.2, 0.25) is 0 Å². The van der Waals surface area contributed by atoms with E-state index in [4.69, 9.17) is 4.74 Å². The summed E-state index contributed by atoms with van der Waals surface area (Å²) in [5.74, 6) is 0.505. The van der Waals surface area contributed by atoms with Gasteiger partial charge in [-0.1, -0.05) is 18.2 Å². The molecule has 6 nitrogen and oxygen atoms in total. The molecular weight excluding hydrogens is 306 g/mol. The summed E-state index contributed by atoms with van der Waals surface area (Å²) in [6.07, 6.45) is 0.188. The van der Waals surface area contributed by atoms with E-state index in [1.807, 2.05) is 44.2 Å². The minimum Gasteiger partial charge on any atom is -0.496 e. The summed E-state index contributed by atoms with van der Waals surface area (Å²) in [5.41, 5.74) is 4.34. The number of aromatic amines is 2. The van der Waals surface area contributed by atoms with Gasteiger partial charge in [-0.15, -0.1) is 0 Å². The molecule has 3 rings (SSSR count). The minimum absolute atomic E-state index is 0.170. The molecule has 0 aliphatic rings. The van der Waals surface area contributed by atoms with Crippen molar-refractivity contribution in [1.29, 1.82) is 0 Å². The summed E-state index contributed by atoms with van der Waals surface area (Å²) in [4.78, 5) is 29.5. The lowest BCUT2D eigenvalue weighted by molar-refractivity contribution is -0.115. The van der Waals surface area contributed by atoms with Gasteiger partial charge in [-0.2, -0.15) is 0 Å². The van der Waals surface area contributed by atoms with Gasteiger partial charge >= 0.3 is 5.69 Å². The van der Waals surface area contributed by atoms with Crippen LogP contribution in [0.25, 0.3) is 11.0 Å². The molecule has 0 aliphatic heterocycles. The Bertz CT molecular complexity index is 969. The number of aryl methyl sites for hydroxylation is 1. The summed E-state index contributed by atoms with van der Waals surface area (Å²) < 4.78 is 5.28. The lowest BCUT2D eigenvalue weighted by Gasteiger charge is -2.13. The van der Waals surface area contributed by atoms with E-state index < -0.39 is 0 Å². The molecule has 0 bridgehead atoms. The van der Waals surface area contributed by atoms with Crippen molar-refractivity contribution in [3.8, 4) is 5.75 Å². The SMILES string of the molecule is COc1ccccc1CC(=O)Nc1c(C)c(C)cc2[nH]c(=O)[nH]c12. The molecule has 1 amide bonds. The van der Waals surface area contributed by atoms with Gasteiger partial charge in [0.2, 0.25) is 5.91 Å². The van der Waals surface area contributed by atoms with Gasteiger partial charge in [0.25, 0.3) is 0 Å². The van der Waals surface area contributed by atoms with Crippen LogP contribution in [0.4, 0.5) is 5.69 Å². The van der Waals surface area contributed by atoms with Crippen molar-refractivity contribution in [2.75, 3.05) is 12.4 Å². The second-order valence-electron chi connectivity index (χ2n) is 5.73. The smallest absolute Gasteiger partial charge is 0.323 e. The number of nitrogens with one attached hydrogen (secondary N) is 3. The third kappa shape index (κ3) is 2.90. The van der Waals surface area contributed by atoms with Gasteiger partial charge in [0.15, 0.2) is 0 Å². The highest BCUT2D eigenvalue weighted by Gasteiger charge is 2.15. The van der Waals surface area contributed by atoms with Crippen LogP contribution >= 0.6 is 0 Å². The molecule has 0 saturated heterocycles. The second-order valence-corrected chi connectivity index (χ2v) is 5.73. The largest absolute Gasteiger partial charge is 0.496 e. The second kappa shape index (κ2) is 6.23. The highest BCUT2D eigenvalue weighted by Crippen LogP contribution is 2.27. The van der Waals surface area contributed by atoms with E-state index in [0.717, 1.165) is 16.7 Å². The number of aromatic nitrogens is 2. The normalized spacial score (nSPS) is 10.8. The Morgan fingerprint density at radius 2 is 1.96 bits per heavy atom. The quantitative estimate of drug-likeness (QED) is 0.689. The van der Waals surface area contributed by atoms with Crippen molar-refractivity contribution in [2.24, 2.45) is 0 Å². The van der Waals surface area contributed by atoms with E-state index in [-0.39, 0.29) is 18.0 Å². The maximum atomic E-state index is 12.5. The molecule has 0 aliphatic carbocycles. The summed E-state index contributed by atoms with van der Waals surface area (Å²) in [5, 5.41) is 2.92. The van der Waals surface area contributed by atoms with Gasteiger partial charge in [0.1, 0.15) is 5.75 Å². The van der Waals surface area contributed by atoms with Gasteiger partial charge < -0.3 is 20.0 Å². The summed E-state index contributed by atoms with van der Waals surface area (Å²) in [7, 11) is 1.58. The van der Waals surface area contributed by atoms with E-state index in [9.17, 15) is 9.59 Å². The average molecular weight is 325 g/mol. The third-order valence-corrected chi connectivity index (χ3v) is 4.14. The Labute approximate surface area is 138 Å². The third-order valence-electron chi connectivity index (χ3n) is 4.14. The number of benzene rings is 2. The Hall–Kier alpha value is -3.02. The van der Waals surface area contributed by atoms with Gasteiger partial charge in [0, 0.05) is 5.56 Å². The number of ether oxygens (including phenoxy) is 1. The molecule has 0 fully saturated rings. The number of carbonyl (C=O) groups is 1. The molecular formula is C18H19N3O3. The molecule has 1 heterocycles. The molecule has 3 N–H and O–H groups in total. The number of carbonyl (C=O) groups excluding carboxylic acids is 1. The van der Waals surface area contributed by atoms with Crippen LogP contribution in [0.1, 0.15) is 16.7 Å². The Morgan fingerprint density at radius 3 is 2.71 bits per heavy atom. The molecule has 0 saturated carbocycles. The Balaban J connectivity index is 1.93. The van der Waals surface area contributed by atoms with Crippen LogP contribution in [0, 0.1) is 13.8 Å². The molecule has 3 aromatic rings. The van der Waals surface area contributed by atoms with Crippen molar-refractivity contribution < 1.29 is 9.53 Å². The molecule has 24 heavy (non-hydrogen) atoms. The minimum atomic E-state index is -0.296. The number of hydrogen-bond donors (Lipinski definition) is 3. The molecule has 2 aromatic carbocycles. The van der Waals surface area contributed by atoms with Crippen LogP contribution in [-0.4, -0.2) is 23.0 Å². The van der Waals surface area contributed by atoms with E-state index >= 15 is 0 Å². The number of H-pyrrole nitrogens is 2. The fourth-order valence-electron chi connectivity index (χ4n) is 2.77. The number of anilines is 1. The summed E-state index contributed by atoms with van der Waals surface area (Å²) in [6, 6.07) is 9.29. The number of amides is 1. The number of fused-ring (bicyclic) bond motifs is 1. The molecule has 0 spiro atoms. The Morgan fingerprint density at radius 1 is 1.21 bits per heavy atom. The number of para-hydroxylation sites is 1. The van der Waals surface area contributed by atoms with E-state index in [1.54, 1.807) is 7.11 Å². The van der Waals surface area contributed by atoms with Crippen molar-refractivity contribution in [3.63, 3.8) is 0 Å². The molecule has 0 radical (unpaired) electrons. The topological polar surface area (TPSA) is 87.0 Å². The lowest BCUT2D eigenvalue weighted by Crippen LogP contribution is -2.16. The fraction of sp³-hybridized carbons (Fsp3) is 0.222. The van der Waals surface area contributed by atoms with Crippen molar-refractivity contribution >= 4 is 22.6 Å². The average Bonchev–Trinajstić information content (AvgIpc) is 2.92. The zero-order valence-corrected chi connectivity index (χ0v) is 13.8. The van der Waals surface area contributed by atoms with Crippen molar-refractivity contribution in [1.82, 2.24) is 9.97 Å². The molecule has 1 aromatic heterocycles. The zero-order valence-electron chi connectivity index (χ0n) is 13.8. The first-order valence-corrected chi connectivity index (χ1v) is 7.63. The fourth-order valence-corrected chi connectivity index (χ4v) is 2.77. The highest BCUT2D eigenvalue weighted by atomic mass is 16.5. The first-order valence-electron chi connectivity index (χ1n) is 7.63.